The van der Waals surface area contributed by atoms with Gasteiger partial charge < -0.3 is 10.2 Å². The van der Waals surface area contributed by atoms with E-state index in [4.69, 9.17) is 10.2 Å². The Balaban J connectivity index is 4.33. The molecule has 14 heavy (non-hydrogen) atoms. The van der Waals surface area contributed by atoms with Crippen molar-refractivity contribution >= 4 is 5.78 Å². The monoisotopic (exact) mass is 196 g/mol. The lowest BCUT2D eigenvalue weighted by Gasteiger charge is -1.96. The summed E-state index contributed by atoms with van der Waals surface area (Å²) in [7, 11) is 0. The molecule has 0 radical (unpaired) electrons. The number of aliphatic hydroxyl groups excluding tert-OH is 2. The molecule has 0 aromatic heterocycles. The predicted molar refractivity (Wildman–Crippen MR) is 55.8 cm³/mol. The van der Waals surface area contributed by atoms with E-state index in [0.717, 1.165) is 0 Å². The molecule has 0 aliphatic rings. The molecule has 0 aliphatic heterocycles. The number of carbonyl (C=O) groups excluding carboxylic acids is 1. The summed E-state index contributed by atoms with van der Waals surface area (Å²) < 4.78 is 0. The maximum atomic E-state index is 10.5. The van der Waals surface area contributed by atoms with Crippen LogP contribution in [-0.4, -0.2) is 28.7 Å². The van der Waals surface area contributed by atoms with Crippen molar-refractivity contribution in [2.45, 2.75) is 20.0 Å². The maximum Gasteiger partial charge on any atom is 0.152 e. The highest BCUT2D eigenvalue weighted by molar-refractivity contribution is 5.87. The quantitative estimate of drug-likeness (QED) is 0.509. The van der Waals surface area contributed by atoms with Crippen molar-refractivity contribution in [2.24, 2.45) is 0 Å². The van der Waals surface area contributed by atoms with Crippen LogP contribution in [0.4, 0.5) is 0 Å². The normalized spacial score (nSPS) is 15.3. The van der Waals surface area contributed by atoms with Crippen molar-refractivity contribution < 1.29 is 15.0 Å². The minimum atomic E-state index is -0.540. The minimum absolute atomic E-state index is 0.0435. The van der Waals surface area contributed by atoms with Crippen LogP contribution in [0.2, 0.25) is 0 Å². The molecule has 0 heterocycles. The summed E-state index contributed by atoms with van der Waals surface area (Å²) in [5, 5.41) is 17.8. The fraction of sp³-hybridized carbons (Fsp3) is 0.364. The highest BCUT2D eigenvalue weighted by Gasteiger charge is 1.89. The summed E-state index contributed by atoms with van der Waals surface area (Å²) in [6, 6.07) is 0. The fourth-order valence-corrected chi connectivity index (χ4v) is 0.731. The molecule has 3 nitrogen and oxygen atoms in total. The predicted octanol–water partition coefficient (Wildman–Crippen LogP) is 0.987. The van der Waals surface area contributed by atoms with Crippen LogP contribution in [0.25, 0.3) is 0 Å². The zero-order valence-electron chi connectivity index (χ0n) is 8.47. The molecule has 0 aromatic carbocycles. The Bertz CT molecular complexity index is 260. The highest BCUT2D eigenvalue weighted by atomic mass is 16.3. The van der Waals surface area contributed by atoms with Crippen LogP contribution in [-0.2, 0) is 4.79 Å². The van der Waals surface area contributed by atoms with E-state index >= 15 is 0 Å². The van der Waals surface area contributed by atoms with Gasteiger partial charge in [-0.3, -0.25) is 4.79 Å². The number of aliphatic hydroxyl groups is 2. The van der Waals surface area contributed by atoms with E-state index in [-0.39, 0.29) is 12.4 Å². The fourth-order valence-electron chi connectivity index (χ4n) is 0.731. The lowest BCUT2D eigenvalue weighted by atomic mass is 10.2. The Hall–Kier alpha value is -1.19. The third-order valence-electron chi connectivity index (χ3n) is 1.41. The third-order valence-corrected chi connectivity index (χ3v) is 1.41. The molecule has 2 N–H and O–H groups in total. The second-order valence-corrected chi connectivity index (χ2v) is 2.97. The lowest BCUT2D eigenvalue weighted by Crippen LogP contribution is -1.94. The van der Waals surface area contributed by atoms with Crippen molar-refractivity contribution in [1.82, 2.24) is 0 Å². The van der Waals surface area contributed by atoms with Gasteiger partial charge in [0.25, 0.3) is 0 Å². The van der Waals surface area contributed by atoms with E-state index in [1.54, 1.807) is 31.2 Å². The van der Waals surface area contributed by atoms with E-state index in [2.05, 4.69) is 0 Å². The third kappa shape index (κ3) is 7.46. The van der Waals surface area contributed by atoms with Gasteiger partial charge >= 0.3 is 0 Å². The number of ketones is 1. The number of carbonyl (C=O) groups is 1. The Morgan fingerprint density at radius 1 is 1.43 bits per heavy atom. The molecule has 0 aliphatic carbocycles. The molecular formula is C11H16O3. The maximum absolute atomic E-state index is 10.5. The summed E-state index contributed by atoms with van der Waals surface area (Å²) in [5.41, 5.74) is 0.642. The zero-order valence-corrected chi connectivity index (χ0v) is 8.47. The van der Waals surface area contributed by atoms with Gasteiger partial charge in [0.15, 0.2) is 5.78 Å². The van der Waals surface area contributed by atoms with Crippen molar-refractivity contribution in [3.8, 4) is 0 Å². The van der Waals surface area contributed by atoms with Gasteiger partial charge in [-0.15, -0.1) is 0 Å². The van der Waals surface area contributed by atoms with Crippen molar-refractivity contribution in [3.05, 3.63) is 36.0 Å². The van der Waals surface area contributed by atoms with Crippen LogP contribution < -0.4 is 0 Å². The van der Waals surface area contributed by atoms with E-state index in [9.17, 15) is 4.79 Å². The molecular weight excluding hydrogens is 180 g/mol. The topological polar surface area (TPSA) is 57.5 Å². The van der Waals surface area contributed by atoms with Gasteiger partial charge in [-0.05, 0) is 25.5 Å². The van der Waals surface area contributed by atoms with Crippen LogP contribution in [0.3, 0.4) is 0 Å². The number of rotatable bonds is 5. The molecule has 0 spiro atoms. The van der Waals surface area contributed by atoms with Gasteiger partial charge in [-0.25, -0.2) is 0 Å². The first-order valence-corrected chi connectivity index (χ1v) is 4.41. The lowest BCUT2D eigenvalue weighted by molar-refractivity contribution is -0.112. The summed E-state index contributed by atoms with van der Waals surface area (Å²) >= 11 is 0. The SMILES string of the molecule is CC(=O)/C=C/C=C(/C=C/[C@H](C)O)CO. The Labute approximate surface area is 84.1 Å². The van der Waals surface area contributed by atoms with Gasteiger partial charge in [0.05, 0.1) is 12.7 Å². The Kier molecular flexibility index (Phi) is 6.62. The summed E-state index contributed by atoms with van der Waals surface area (Å²) in [5.74, 6) is -0.0435. The average Bonchev–Trinajstić information content (AvgIpc) is 2.10. The first-order chi connectivity index (χ1) is 6.56. The summed E-state index contributed by atoms with van der Waals surface area (Å²) in [6.07, 6.45) is 7.24. The zero-order chi connectivity index (χ0) is 11.0. The molecule has 1 atom stereocenters. The van der Waals surface area contributed by atoms with Crippen molar-refractivity contribution in [1.29, 1.82) is 0 Å². The van der Waals surface area contributed by atoms with Gasteiger partial charge in [-0.1, -0.05) is 24.3 Å². The molecule has 0 unspecified atom stereocenters. The number of allylic oxidation sites excluding steroid dienone is 3. The number of hydrogen-bond donors (Lipinski definition) is 2. The van der Waals surface area contributed by atoms with Gasteiger partial charge in [-0.2, -0.15) is 0 Å². The molecule has 0 amide bonds. The molecule has 3 heteroatoms. The summed E-state index contributed by atoms with van der Waals surface area (Å²) in [4.78, 5) is 10.5. The first kappa shape index (κ1) is 12.8. The molecule has 0 fully saturated rings. The van der Waals surface area contributed by atoms with E-state index in [0.29, 0.717) is 5.57 Å². The average molecular weight is 196 g/mol. The molecule has 0 rings (SSSR count). The smallest absolute Gasteiger partial charge is 0.152 e. The van der Waals surface area contributed by atoms with Crippen LogP contribution in [0.15, 0.2) is 36.0 Å². The molecule has 78 valence electrons. The summed E-state index contributed by atoms with van der Waals surface area (Å²) in [6.45, 7) is 2.96. The van der Waals surface area contributed by atoms with Crippen molar-refractivity contribution in [2.75, 3.05) is 6.61 Å². The molecule has 0 aromatic rings. The van der Waals surface area contributed by atoms with E-state index in [1.165, 1.54) is 13.0 Å². The Morgan fingerprint density at radius 2 is 2.07 bits per heavy atom. The Morgan fingerprint density at radius 3 is 2.50 bits per heavy atom. The first-order valence-electron chi connectivity index (χ1n) is 4.41. The van der Waals surface area contributed by atoms with Crippen LogP contribution in [0.1, 0.15) is 13.8 Å². The highest BCUT2D eigenvalue weighted by Crippen LogP contribution is 1.97. The van der Waals surface area contributed by atoms with Crippen molar-refractivity contribution in [3.63, 3.8) is 0 Å². The molecule has 0 bridgehead atoms. The van der Waals surface area contributed by atoms with Gasteiger partial charge in [0, 0.05) is 0 Å². The molecule has 0 saturated heterocycles. The number of hydrogen-bond acceptors (Lipinski definition) is 3. The largest absolute Gasteiger partial charge is 0.392 e. The second kappa shape index (κ2) is 7.24. The minimum Gasteiger partial charge on any atom is -0.392 e. The molecule has 0 saturated carbocycles. The van der Waals surface area contributed by atoms with E-state index in [1.807, 2.05) is 0 Å². The van der Waals surface area contributed by atoms with E-state index < -0.39 is 6.10 Å². The standard InChI is InChI=1S/C11H16O3/c1-9(13)4-3-5-11(8-12)7-6-10(2)14/h3-7,10,12,14H,8H2,1-2H3/b4-3+,7-6+,11-5-/t10-/m0/s1. The second-order valence-electron chi connectivity index (χ2n) is 2.97. The van der Waals surface area contributed by atoms with Crippen LogP contribution >= 0.6 is 0 Å². The van der Waals surface area contributed by atoms with Gasteiger partial charge in [0.2, 0.25) is 0 Å². The van der Waals surface area contributed by atoms with Crippen LogP contribution in [0, 0.1) is 0 Å². The van der Waals surface area contributed by atoms with Gasteiger partial charge in [0.1, 0.15) is 0 Å². The van der Waals surface area contributed by atoms with Crippen LogP contribution in [0.5, 0.6) is 0 Å².